The molecule has 6 heteroatoms. The average molecular weight is 192 g/mol. The van der Waals surface area contributed by atoms with Gasteiger partial charge in [-0.3, -0.25) is 0 Å². The number of ether oxygens (including phenoxy) is 1. The third kappa shape index (κ3) is 2.98. The minimum absolute atomic E-state index is 0.0205. The zero-order valence-corrected chi connectivity index (χ0v) is 7.63. The number of rotatable bonds is 3. The van der Waals surface area contributed by atoms with Gasteiger partial charge in [-0.2, -0.15) is 0 Å². The van der Waals surface area contributed by atoms with Gasteiger partial charge in [0.15, 0.2) is 0 Å². The predicted molar refractivity (Wildman–Crippen MR) is 39.8 cm³/mol. The highest BCUT2D eigenvalue weighted by Crippen LogP contribution is 2.27. The Kier molecular flexibility index (Phi) is 3.36. The Morgan fingerprint density at radius 1 is 1.58 bits per heavy atom. The van der Waals surface area contributed by atoms with Gasteiger partial charge in [-0.25, -0.2) is 13.9 Å². The summed E-state index contributed by atoms with van der Waals surface area (Å²) in [5.41, 5.74) is -2.43. The lowest BCUT2D eigenvalue weighted by Crippen LogP contribution is -2.25. The molecule has 0 heterocycles. The Balaban J connectivity index is 4.46. The maximum atomic E-state index is 10.7. The summed E-state index contributed by atoms with van der Waals surface area (Å²) in [4.78, 5) is 10.7. The van der Waals surface area contributed by atoms with E-state index in [0.29, 0.717) is 0 Å². The molecule has 0 aliphatic heterocycles. The third-order valence-corrected chi connectivity index (χ3v) is 1.74. The van der Waals surface area contributed by atoms with Crippen molar-refractivity contribution in [3.63, 3.8) is 0 Å². The van der Waals surface area contributed by atoms with Crippen LogP contribution in [0.3, 0.4) is 0 Å². The Labute approximate surface area is 69.9 Å². The molecule has 0 spiro atoms. The van der Waals surface area contributed by atoms with E-state index < -0.39 is 19.2 Å². The molecule has 0 saturated carbocycles. The van der Waals surface area contributed by atoms with Crippen LogP contribution in [0.4, 0.5) is 0 Å². The Morgan fingerprint density at radius 3 is 2.25 bits per heavy atom. The van der Waals surface area contributed by atoms with Gasteiger partial charge in [0, 0.05) is 12.5 Å². The van der Waals surface area contributed by atoms with Crippen LogP contribution in [-0.4, -0.2) is 16.6 Å². The molecule has 0 aromatic rings. The average Bonchev–Trinajstić information content (AvgIpc) is 1.85. The van der Waals surface area contributed by atoms with Crippen LogP contribution in [0.15, 0.2) is 12.2 Å². The van der Waals surface area contributed by atoms with Crippen molar-refractivity contribution in [2.24, 2.45) is 0 Å². The molecule has 0 saturated heterocycles. The minimum atomic E-state index is -3.23. The molecule has 1 unspecified atom stereocenters. The van der Waals surface area contributed by atoms with E-state index in [9.17, 15) is 13.9 Å². The number of carbonyl (C=O) groups excluding carboxylic acids is 1. The van der Waals surface area contributed by atoms with Gasteiger partial charge in [-0.05, 0) is 6.92 Å². The lowest BCUT2D eigenvalue weighted by atomic mass is 10.4. The van der Waals surface area contributed by atoms with Crippen LogP contribution in [0, 0.1) is 0 Å². The second kappa shape index (κ2) is 3.65. The van der Waals surface area contributed by atoms with Gasteiger partial charge < -0.3 is 9.84 Å². The highest BCUT2D eigenvalue weighted by molar-refractivity contribution is 7.32. The summed E-state index contributed by atoms with van der Waals surface area (Å²) in [6.07, 6.45) is 0. The van der Waals surface area contributed by atoms with Crippen LogP contribution in [0.25, 0.3) is 0 Å². The topological polar surface area (TPSA) is 80.7 Å². The Bertz CT molecular complexity index is 268. The maximum absolute atomic E-state index is 10.7. The van der Waals surface area contributed by atoms with Crippen molar-refractivity contribution in [2.45, 2.75) is 19.4 Å². The molecular formula is C6H9O5P. The van der Waals surface area contributed by atoms with Gasteiger partial charge in [0.25, 0.3) is 0 Å². The smallest absolute Gasteiger partial charge is 0.389 e. The van der Waals surface area contributed by atoms with Crippen molar-refractivity contribution in [1.82, 2.24) is 0 Å². The number of hydrogen-bond acceptors (Lipinski definition) is 5. The Hall–Kier alpha value is -0.930. The first-order valence-electron chi connectivity index (χ1n) is 3.03. The van der Waals surface area contributed by atoms with E-state index in [-0.39, 0.29) is 5.57 Å². The van der Waals surface area contributed by atoms with Crippen LogP contribution in [0.1, 0.15) is 13.8 Å². The lowest BCUT2D eigenvalue weighted by molar-refractivity contribution is -0.170. The first kappa shape index (κ1) is 11.1. The second-order valence-electron chi connectivity index (χ2n) is 2.36. The molecule has 68 valence electrons. The molecule has 12 heavy (non-hydrogen) atoms. The summed E-state index contributed by atoms with van der Waals surface area (Å²) in [6.45, 7) is 5.42. The van der Waals surface area contributed by atoms with E-state index >= 15 is 0 Å². The minimum Gasteiger partial charge on any atom is -0.416 e. The molecule has 0 amide bonds. The fourth-order valence-corrected chi connectivity index (χ4v) is 0.457. The van der Waals surface area contributed by atoms with Crippen LogP contribution in [-0.2, 0) is 18.7 Å². The first-order valence-corrected chi connectivity index (χ1v) is 4.21. The molecule has 0 fully saturated rings. The van der Waals surface area contributed by atoms with Gasteiger partial charge >= 0.3 is 19.2 Å². The van der Waals surface area contributed by atoms with Gasteiger partial charge in [-0.1, -0.05) is 6.58 Å². The van der Waals surface area contributed by atoms with Crippen LogP contribution >= 0.6 is 7.68 Å². The van der Waals surface area contributed by atoms with E-state index in [1.165, 1.54) is 6.92 Å². The van der Waals surface area contributed by atoms with Crippen LogP contribution in [0.2, 0.25) is 0 Å². The fraction of sp³-hybridized carbons (Fsp3) is 0.500. The second-order valence-corrected chi connectivity index (χ2v) is 3.70. The highest BCUT2D eigenvalue weighted by Gasteiger charge is 2.32. The largest absolute Gasteiger partial charge is 0.416 e. The van der Waals surface area contributed by atoms with Crippen molar-refractivity contribution in [2.75, 3.05) is 0 Å². The molecule has 1 atom stereocenters. The molecule has 0 bridgehead atoms. The van der Waals surface area contributed by atoms with Crippen molar-refractivity contribution in [1.29, 1.82) is 0 Å². The van der Waals surface area contributed by atoms with E-state index in [0.717, 1.165) is 6.92 Å². The van der Waals surface area contributed by atoms with Gasteiger partial charge in [-0.15, -0.1) is 0 Å². The van der Waals surface area contributed by atoms with E-state index in [1.807, 2.05) is 0 Å². The summed E-state index contributed by atoms with van der Waals surface area (Å²) in [7, 11) is -3.23. The van der Waals surface area contributed by atoms with Crippen LogP contribution in [0.5, 0.6) is 0 Å². The molecule has 0 aromatic heterocycles. The van der Waals surface area contributed by atoms with Gasteiger partial charge in [0.05, 0.1) is 0 Å². The van der Waals surface area contributed by atoms with Crippen molar-refractivity contribution < 1.29 is 23.8 Å². The van der Waals surface area contributed by atoms with E-state index in [2.05, 4.69) is 11.3 Å². The molecule has 0 aliphatic carbocycles. The maximum Gasteiger partial charge on any atom is 0.389 e. The van der Waals surface area contributed by atoms with Crippen molar-refractivity contribution in [3.8, 4) is 0 Å². The molecule has 0 rings (SSSR count). The monoisotopic (exact) mass is 192 g/mol. The lowest BCUT2D eigenvalue weighted by Gasteiger charge is -2.14. The quantitative estimate of drug-likeness (QED) is 0.311. The predicted octanol–water partition coefficient (Wildman–Crippen LogP) is 0.945. The normalized spacial score (nSPS) is 14.6. The molecular weight excluding hydrogens is 183 g/mol. The summed E-state index contributed by atoms with van der Waals surface area (Å²) in [6, 6.07) is 0. The van der Waals surface area contributed by atoms with Gasteiger partial charge in [0.1, 0.15) is 0 Å². The summed E-state index contributed by atoms with van der Waals surface area (Å²) in [5.74, 6) is -0.945. The third-order valence-electron chi connectivity index (χ3n) is 0.973. The number of hydrogen-bond donors (Lipinski definition) is 1. The number of esters is 1. The summed E-state index contributed by atoms with van der Waals surface area (Å²) in [5, 5.41) is 8.93. The summed E-state index contributed by atoms with van der Waals surface area (Å²) < 4.78 is 24.7. The van der Waals surface area contributed by atoms with Crippen molar-refractivity contribution in [3.05, 3.63) is 12.2 Å². The zero-order valence-electron chi connectivity index (χ0n) is 6.73. The molecule has 5 nitrogen and oxygen atoms in total. The molecule has 0 radical (unpaired) electrons. The Morgan fingerprint density at radius 2 is 2.00 bits per heavy atom. The standard InChI is InChI=1S/C6H9O5P/c1-4(2)5(7)11-6(3,8)12(9)10/h8H,1H2,2-3H3. The molecule has 0 aliphatic rings. The van der Waals surface area contributed by atoms with E-state index in [1.54, 1.807) is 0 Å². The highest BCUT2D eigenvalue weighted by atomic mass is 31.1. The van der Waals surface area contributed by atoms with Gasteiger partial charge in [0.2, 0.25) is 0 Å². The van der Waals surface area contributed by atoms with Crippen molar-refractivity contribution >= 4 is 13.6 Å². The SMILES string of the molecule is C=C(C)C(=O)OC(C)(O)P(=O)=O. The molecule has 0 aromatic carbocycles. The zero-order chi connectivity index (χ0) is 9.94. The first-order chi connectivity index (χ1) is 5.27. The summed E-state index contributed by atoms with van der Waals surface area (Å²) >= 11 is 0. The van der Waals surface area contributed by atoms with Crippen LogP contribution < -0.4 is 0 Å². The molecule has 1 N–H and O–H groups in total. The fourth-order valence-electron chi connectivity index (χ4n) is 0.300. The number of carbonyl (C=O) groups is 1. The van der Waals surface area contributed by atoms with E-state index in [4.69, 9.17) is 5.11 Å². The number of aliphatic hydroxyl groups is 1.